The van der Waals surface area contributed by atoms with E-state index in [0.717, 1.165) is 10.4 Å². The Morgan fingerprint density at radius 3 is 2.71 bits per heavy atom. The number of thiophene rings is 1. The summed E-state index contributed by atoms with van der Waals surface area (Å²) in [6, 6.07) is 6.67. The molecule has 1 aliphatic heterocycles. The van der Waals surface area contributed by atoms with E-state index in [1.54, 1.807) is 36.1 Å². The van der Waals surface area contributed by atoms with Crippen LogP contribution in [0, 0.1) is 0 Å². The summed E-state index contributed by atoms with van der Waals surface area (Å²) in [7, 11) is 1.32. The number of methoxy groups -OCH3 is 1. The number of ether oxygens (including phenoxy) is 2. The summed E-state index contributed by atoms with van der Waals surface area (Å²) in [4.78, 5) is 39.4. The topological polar surface area (TPSA) is 84.9 Å². The smallest absolute Gasteiger partial charge is 0.409 e. The predicted octanol–water partition coefficient (Wildman–Crippen LogP) is 3.96. The lowest BCUT2D eigenvalue weighted by Crippen LogP contribution is -2.35. The second-order valence-electron chi connectivity index (χ2n) is 6.00. The number of hydrogen-bond acceptors (Lipinski definition) is 6. The first-order chi connectivity index (χ1) is 13.5. The Morgan fingerprint density at radius 2 is 2.04 bits per heavy atom. The van der Waals surface area contributed by atoms with Crippen molar-refractivity contribution >= 4 is 45.9 Å². The van der Waals surface area contributed by atoms with Crippen LogP contribution in [0.1, 0.15) is 38.1 Å². The van der Waals surface area contributed by atoms with Gasteiger partial charge in [-0.05, 0) is 31.0 Å². The summed E-state index contributed by atoms with van der Waals surface area (Å²) in [6.45, 7) is 2.66. The Morgan fingerprint density at radius 1 is 1.29 bits per heavy atom. The van der Waals surface area contributed by atoms with E-state index in [4.69, 9.17) is 21.1 Å². The van der Waals surface area contributed by atoms with Gasteiger partial charge in [0.2, 0.25) is 0 Å². The van der Waals surface area contributed by atoms with Crippen LogP contribution in [0.25, 0.3) is 0 Å². The van der Waals surface area contributed by atoms with Gasteiger partial charge in [0.05, 0.1) is 36.4 Å². The normalized spacial score (nSPS) is 12.9. The minimum Gasteiger partial charge on any atom is -0.462 e. The lowest BCUT2D eigenvalue weighted by molar-refractivity contribution is 0.0526. The minimum atomic E-state index is -0.499. The van der Waals surface area contributed by atoms with Crippen LogP contribution in [0.4, 0.5) is 9.80 Å². The second-order valence-corrected chi connectivity index (χ2v) is 7.52. The molecule has 0 saturated heterocycles. The van der Waals surface area contributed by atoms with Crippen molar-refractivity contribution in [2.75, 3.05) is 25.6 Å². The van der Waals surface area contributed by atoms with Crippen LogP contribution in [0.15, 0.2) is 24.3 Å². The van der Waals surface area contributed by atoms with Crippen LogP contribution in [0.2, 0.25) is 5.02 Å². The maximum absolute atomic E-state index is 12.7. The molecule has 0 atom stereocenters. The summed E-state index contributed by atoms with van der Waals surface area (Å²) >= 11 is 7.35. The molecule has 2 heterocycles. The number of hydrogen-bond donors (Lipinski definition) is 1. The number of anilines is 1. The van der Waals surface area contributed by atoms with Crippen LogP contribution in [-0.4, -0.2) is 43.1 Å². The van der Waals surface area contributed by atoms with Crippen LogP contribution in [0.5, 0.6) is 0 Å². The maximum atomic E-state index is 12.7. The van der Waals surface area contributed by atoms with E-state index < -0.39 is 18.0 Å². The van der Waals surface area contributed by atoms with E-state index in [9.17, 15) is 14.4 Å². The molecular weight excluding hydrogens is 404 g/mol. The molecule has 0 fully saturated rings. The molecule has 1 N–H and O–H groups in total. The van der Waals surface area contributed by atoms with Crippen molar-refractivity contribution in [3.05, 3.63) is 50.9 Å². The van der Waals surface area contributed by atoms with Gasteiger partial charge < -0.3 is 19.7 Å². The minimum absolute atomic E-state index is 0.218. The standard InChI is InChI=1S/C19H19ClN2O5S/c1-3-27-18(24)15-12-8-9-22(19(25)26-2)10-14(12)28-17(15)21-16(23)11-6-4-5-7-13(11)20/h4-7H,3,8-10H2,1-2H3,(H,21,23). The number of carbonyl (C=O) groups excluding carboxylic acids is 3. The number of esters is 1. The first-order valence-corrected chi connectivity index (χ1v) is 9.86. The zero-order valence-corrected chi connectivity index (χ0v) is 17.0. The summed E-state index contributed by atoms with van der Waals surface area (Å²) in [5.74, 6) is -0.916. The first-order valence-electron chi connectivity index (χ1n) is 8.66. The van der Waals surface area contributed by atoms with Crippen LogP contribution < -0.4 is 5.32 Å². The third-order valence-electron chi connectivity index (χ3n) is 4.31. The van der Waals surface area contributed by atoms with Crippen LogP contribution >= 0.6 is 22.9 Å². The van der Waals surface area contributed by atoms with E-state index in [1.165, 1.54) is 18.4 Å². The molecule has 3 rings (SSSR count). The molecule has 7 nitrogen and oxygen atoms in total. The zero-order chi connectivity index (χ0) is 20.3. The zero-order valence-electron chi connectivity index (χ0n) is 15.4. The highest BCUT2D eigenvalue weighted by atomic mass is 35.5. The quantitative estimate of drug-likeness (QED) is 0.754. The number of fused-ring (bicyclic) bond motifs is 1. The molecule has 1 aromatic carbocycles. The molecule has 0 spiro atoms. The number of amides is 2. The van der Waals surface area contributed by atoms with E-state index in [-0.39, 0.29) is 6.61 Å². The molecule has 2 amide bonds. The average Bonchev–Trinajstić information content (AvgIpc) is 3.04. The Hall–Kier alpha value is -2.58. The highest BCUT2D eigenvalue weighted by molar-refractivity contribution is 7.17. The van der Waals surface area contributed by atoms with Crippen molar-refractivity contribution < 1.29 is 23.9 Å². The van der Waals surface area contributed by atoms with Gasteiger partial charge >= 0.3 is 12.1 Å². The highest BCUT2D eigenvalue weighted by Gasteiger charge is 2.31. The summed E-state index contributed by atoms with van der Waals surface area (Å²) in [6.07, 6.45) is 0.0372. The largest absolute Gasteiger partial charge is 0.462 e. The fourth-order valence-electron chi connectivity index (χ4n) is 3.01. The van der Waals surface area contributed by atoms with E-state index in [1.807, 2.05) is 0 Å². The van der Waals surface area contributed by atoms with Gasteiger partial charge in [-0.15, -0.1) is 11.3 Å². The number of nitrogens with zero attached hydrogens (tertiary/aromatic N) is 1. The number of nitrogens with one attached hydrogen (secondary N) is 1. The Bertz CT molecular complexity index is 927. The molecule has 1 aromatic heterocycles. The molecule has 0 unspecified atom stereocenters. The summed E-state index contributed by atoms with van der Waals surface area (Å²) in [5, 5.41) is 3.49. The predicted molar refractivity (Wildman–Crippen MR) is 106 cm³/mol. The van der Waals surface area contributed by atoms with Gasteiger partial charge in [-0.3, -0.25) is 4.79 Å². The highest BCUT2D eigenvalue weighted by Crippen LogP contribution is 2.38. The molecule has 148 valence electrons. The Balaban J connectivity index is 1.95. The third-order valence-corrected chi connectivity index (χ3v) is 5.78. The van der Waals surface area contributed by atoms with Crippen molar-refractivity contribution in [2.45, 2.75) is 19.9 Å². The van der Waals surface area contributed by atoms with Crippen LogP contribution in [0.3, 0.4) is 0 Å². The number of carbonyl (C=O) groups is 3. The summed E-state index contributed by atoms with van der Waals surface area (Å²) < 4.78 is 9.96. The monoisotopic (exact) mass is 422 g/mol. The van der Waals surface area contributed by atoms with Gasteiger partial charge in [-0.25, -0.2) is 9.59 Å². The van der Waals surface area contributed by atoms with Gasteiger partial charge in [-0.2, -0.15) is 0 Å². The summed E-state index contributed by atoms with van der Waals surface area (Å²) in [5.41, 5.74) is 1.44. The third kappa shape index (κ3) is 3.98. The van der Waals surface area contributed by atoms with Crippen molar-refractivity contribution in [3.63, 3.8) is 0 Å². The van der Waals surface area contributed by atoms with Crippen molar-refractivity contribution in [2.24, 2.45) is 0 Å². The molecule has 0 bridgehead atoms. The fourth-order valence-corrected chi connectivity index (χ4v) is 4.48. The SMILES string of the molecule is CCOC(=O)c1c(NC(=O)c2ccccc2Cl)sc2c1CCN(C(=O)OC)C2. The molecule has 9 heteroatoms. The molecule has 0 radical (unpaired) electrons. The van der Waals surface area contributed by atoms with Crippen molar-refractivity contribution in [1.82, 2.24) is 4.90 Å². The van der Waals surface area contributed by atoms with Gasteiger partial charge in [0.25, 0.3) is 5.91 Å². The molecule has 1 aliphatic rings. The van der Waals surface area contributed by atoms with Gasteiger partial charge in [0.1, 0.15) is 5.00 Å². The van der Waals surface area contributed by atoms with Gasteiger partial charge in [-0.1, -0.05) is 23.7 Å². The van der Waals surface area contributed by atoms with E-state index in [0.29, 0.717) is 40.7 Å². The number of rotatable bonds is 4. The van der Waals surface area contributed by atoms with Crippen molar-refractivity contribution in [3.8, 4) is 0 Å². The molecule has 0 aliphatic carbocycles. The first kappa shape index (κ1) is 20.2. The van der Waals surface area contributed by atoms with E-state index in [2.05, 4.69) is 5.32 Å². The lowest BCUT2D eigenvalue weighted by atomic mass is 10.0. The molecule has 28 heavy (non-hydrogen) atoms. The Labute approximate surface area is 171 Å². The van der Waals surface area contributed by atoms with E-state index >= 15 is 0 Å². The molecule has 2 aromatic rings. The lowest BCUT2D eigenvalue weighted by Gasteiger charge is -2.25. The van der Waals surface area contributed by atoms with Gasteiger partial charge in [0, 0.05) is 11.4 Å². The maximum Gasteiger partial charge on any atom is 0.409 e. The second kappa shape index (κ2) is 8.62. The Kier molecular flexibility index (Phi) is 6.21. The van der Waals surface area contributed by atoms with Gasteiger partial charge in [0.15, 0.2) is 0 Å². The number of benzene rings is 1. The average molecular weight is 423 g/mol. The number of halogens is 1. The van der Waals surface area contributed by atoms with Crippen LogP contribution in [-0.2, 0) is 22.4 Å². The molecular formula is C19H19ClN2O5S. The molecule has 0 saturated carbocycles. The fraction of sp³-hybridized carbons (Fsp3) is 0.316. The van der Waals surface area contributed by atoms with Crippen molar-refractivity contribution in [1.29, 1.82) is 0 Å².